The molecule has 0 radical (unpaired) electrons. The summed E-state index contributed by atoms with van der Waals surface area (Å²) >= 11 is 14.9. The molecule has 116 valence electrons. The van der Waals surface area contributed by atoms with Crippen molar-refractivity contribution in [2.45, 2.75) is 0 Å². The second-order valence-electron chi connectivity index (χ2n) is 4.52. The lowest BCUT2D eigenvalue weighted by molar-refractivity contribution is 0.0977. The molecule has 1 heterocycles. The molecule has 23 heavy (non-hydrogen) atoms. The van der Waals surface area contributed by atoms with Gasteiger partial charge in [0.1, 0.15) is 5.52 Å². The van der Waals surface area contributed by atoms with Gasteiger partial charge in [-0.15, -0.1) is 0 Å². The lowest BCUT2D eigenvalue weighted by Crippen LogP contribution is -2.34. The minimum absolute atomic E-state index is 0.198. The first-order chi connectivity index (χ1) is 11.0. The smallest absolute Gasteiger partial charge is 0.257 e. The molecule has 3 aromatic rings. The molecular formula is C15H9ClIN3OS2. The van der Waals surface area contributed by atoms with E-state index >= 15 is 0 Å². The second kappa shape index (κ2) is 7.08. The van der Waals surface area contributed by atoms with Crippen molar-refractivity contribution in [3.05, 3.63) is 56.6 Å². The van der Waals surface area contributed by atoms with Gasteiger partial charge in [0.25, 0.3) is 5.91 Å². The van der Waals surface area contributed by atoms with Gasteiger partial charge in [0.15, 0.2) is 10.2 Å². The van der Waals surface area contributed by atoms with Crippen LogP contribution in [0, 0.1) is 3.57 Å². The highest BCUT2D eigenvalue weighted by atomic mass is 127. The van der Waals surface area contributed by atoms with E-state index in [1.165, 1.54) is 11.3 Å². The summed E-state index contributed by atoms with van der Waals surface area (Å²) in [4.78, 5) is 16.5. The van der Waals surface area contributed by atoms with Crippen molar-refractivity contribution in [2.24, 2.45) is 0 Å². The number of fused-ring (bicyclic) bond motifs is 1. The Bertz CT molecular complexity index is 895. The lowest BCUT2D eigenvalue weighted by atomic mass is 10.2. The van der Waals surface area contributed by atoms with E-state index in [1.54, 1.807) is 18.2 Å². The van der Waals surface area contributed by atoms with Crippen molar-refractivity contribution in [3.63, 3.8) is 0 Å². The number of halogens is 2. The van der Waals surface area contributed by atoms with Gasteiger partial charge >= 0.3 is 0 Å². The second-order valence-corrected chi connectivity index (χ2v) is 7.61. The van der Waals surface area contributed by atoms with Crippen LogP contribution >= 0.6 is 57.7 Å². The Morgan fingerprint density at radius 2 is 1.96 bits per heavy atom. The lowest BCUT2D eigenvalue weighted by Gasteiger charge is -2.07. The fraction of sp³-hybridized carbons (Fsp3) is 0. The molecule has 0 spiro atoms. The van der Waals surface area contributed by atoms with Crippen LogP contribution in [0.1, 0.15) is 10.4 Å². The highest BCUT2D eigenvalue weighted by Gasteiger charge is 2.11. The summed E-state index contributed by atoms with van der Waals surface area (Å²) < 4.78 is 2.01. The maximum absolute atomic E-state index is 12.1. The van der Waals surface area contributed by atoms with Crippen LogP contribution < -0.4 is 10.6 Å². The molecule has 1 amide bonds. The van der Waals surface area contributed by atoms with Crippen LogP contribution in [0.4, 0.5) is 5.13 Å². The Morgan fingerprint density at radius 1 is 1.22 bits per heavy atom. The van der Waals surface area contributed by atoms with Crippen LogP contribution in [0.5, 0.6) is 0 Å². The van der Waals surface area contributed by atoms with Crippen molar-refractivity contribution >= 4 is 84.1 Å². The van der Waals surface area contributed by atoms with Crippen molar-refractivity contribution in [1.29, 1.82) is 0 Å². The summed E-state index contributed by atoms with van der Waals surface area (Å²) in [7, 11) is 0. The number of thiocarbonyl (C=S) groups is 1. The number of benzene rings is 2. The Hall–Kier alpha value is -1.29. The quantitative estimate of drug-likeness (QED) is 0.419. The average Bonchev–Trinajstić information content (AvgIpc) is 2.91. The van der Waals surface area contributed by atoms with Crippen molar-refractivity contribution in [3.8, 4) is 0 Å². The first kappa shape index (κ1) is 16.6. The van der Waals surface area contributed by atoms with Gasteiger partial charge in [0, 0.05) is 9.13 Å². The number of thiazole rings is 1. The number of para-hydroxylation sites is 1. The summed E-state index contributed by atoms with van der Waals surface area (Å²) in [5.74, 6) is -0.266. The number of anilines is 1. The maximum Gasteiger partial charge on any atom is 0.257 e. The normalized spacial score (nSPS) is 10.5. The fourth-order valence-electron chi connectivity index (χ4n) is 1.87. The van der Waals surface area contributed by atoms with Crippen molar-refractivity contribution in [1.82, 2.24) is 10.3 Å². The Balaban J connectivity index is 1.69. The number of nitrogens with one attached hydrogen (secondary N) is 2. The number of carbonyl (C=O) groups excluding carboxylic acids is 1. The number of amides is 1. The summed E-state index contributed by atoms with van der Waals surface area (Å²) in [5.41, 5.74) is 1.26. The van der Waals surface area contributed by atoms with Gasteiger partial charge < -0.3 is 5.32 Å². The van der Waals surface area contributed by atoms with E-state index in [2.05, 4.69) is 38.2 Å². The SMILES string of the molecule is O=C(NC(=S)Nc1nc2c(Cl)cccc2s1)c1ccc(I)cc1. The Kier molecular flexibility index (Phi) is 5.10. The third-order valence-electron chi connectivity index (χ3n) is 2.92. The van der Waals surface area contributed by atoms with Gasteiger partial charge in [-0.3, -0.25) is 10.1 Å². The van der Waals surface area contributed by atoms with Crippen LogP contribution in [-0.2, 0) is 0 Å². The topological polar surface area (TPSA) is 54.0 Å². The number of carbonyl (C=O) groups is 1. The monoisotopic (exact) mass is 473 g/mol. The van der Waals surface area contributed by atoms with Gasteiger partial charge in [-0.05, 0) is 71.2 Å². The number of hydrogen-bond acceptors (Lipinski definition) is 4. The third-order valence-corrected chi connectivity index (χ3v) is 5.09. The highest BCUT2D eigenvalue weighted by molar-refractivity contribution is 14.1. The van der Waals surface area contributed by atoms with E-state index in [0.717, 1.165) is 8.27 Å². The van der Waals surface area contributed by atoms with E-state index < -0.39 is 0 Å². The van der Waals surface area contributed by atoms with Crippen LogP contribution in [0.2, 0.25) is 5.02 Å². The molecule has 0 atom stereocenters. The molecule has 0 aliphatic heterocycles. The molecule has 0 saturated carbocycles. The number of rotatable bonds is 2. The van der Waals surface area contributed by atoms with Gasteiger partial charge in [-0.2, -0.15) is 0 Å². The Morgan fingerprint density at radius 3 is 2.65 bits per heavy atom. The summed E-state index contributed by atoms with van der Waals surface area (Å²) in [5, 5.41) is 6.92. The fourth-order valence-corrected chi connectivity index (χ4v) is 3.66. The highest BCUT2D eigenvalue weighted by Crippen LogP contribution is 2.30. The molecule has 1 aromatic heterocycles. The molecule has 0 saturated heterocycles. The van der Waals surface area contributed by atoms with Crippen molar-refractivity contribution in [2.75, 3.05) is 5.32 Å². The van der Waals surface area contributed by atoms with Gasteiger partial charge in [-0.1, -0.05) is 29.0 Å². The molecule has 3 rings (SSSR count). The van der Waals surface area contributed by atoms with E-state index in [-0.39, 0.29) is 11.0 Å². The Labute approximate surface area is 160 Å². The predicted octanol–water partition coefficient (Wildman–Crippen LogP) is 4.68. The minimum atomic E-state index is -0.266. The van der Waals surface area contributed by atoms with E-state index in [9.17, 15) is 4.79 Å². The van der Waals surface area contributed by atoms with Crippen LogP contribution in [0.25, 0.3) is 10.2 Å². The van der Waals surface area contributed by atoms with Crippen LogP contribution in [-0.4, -0.2) is 16.0 Å². The van der Waals surface area contributed by atoms with Gasteiger partial charge in [-0.25, -0.2) is 4.98 Å². The van der Waals surface area contributed by atoms with Crippen LogP contribution in [0.3, 0.4) is 0 Å². The molecule has 2 N–H and O–H groups in total. The number of hydrogen-bond donors (Lipinski definition) is 2. The molecule has 0 bridgehead atoms. The molecule has 2 aromatic carbocycles. The maximum atomic E-state index is 12.1. The van der Waals surface area contributed by atoms with Gasteiger partial charge in [0.2, 0.25) is 0 Å². The van der Waals surface area contributed by atoms with E-state index in [1.807, 2.05) is 24.3 Å². The largest absolute Gasteiger partial charge is 0.308 e. The molecule has 0 aliphatic rings. The molecule has 0 aliphatic carbocycles. The molecule has 8 heteroatoms. The molecule has 0 fully saturated rings. The van der Waals surface area contributed by atoms with Crippen molar-refractivity contribution < 1.29 is 4.79 Å². The van der Waals surface area contributed by atoms with E-state index in [4.69, 9.17) is 23.8 Å². The van der Waals surface area contributed by atoms with E-state index in [0.29, 0.717) is 21.2 Å². The summed E-state index contributed by atoms with van der Waals surface area (Å²) in [6.07, 6.45) is 0. The molecule has 0 unspecified atom stereocenters. The first-order valence-corrected chi connectivity index (χ1v) is 9.14. The predicted molar refractivity (Wildman–Crippen MR) is 107 cm³/mol. The zero-order chi connectivity index (χ0) is 16.4. The number of nitrogens with zero attached hydrogens (tertiary/aromatic N) is 1. The standard InChI is InChI=1S/C15H9ClIN3OS2/c16-10-2-1-3-11-12(10)18-15(23-11)20-14(22)19-13(21)8-4-6-9(17)7-5-8/h1-7H,(H2,18,19,20,21,22). The van der Waals surface area contributed by atoms with Crippen LogP contribution in [0.15, 0.2) is 42.5 Å². The minimum Gasteiger partial charge on any atom is -0.308 e. The summed E-state index contributed by atoms with van der Waals surface area (Å²) in [6.45, 7) is 0. The molecular weight excluding hydrogens is 465 g/mol. The average molecular weight is 474 g/mol. The zero-order valence-corrected chi connectivity index (χ0v) is 16.0. The molecule has 4 nitrogen and oxygen atoms in total. The first-order valence-electron chi connectivity index (χ1n) is 6.46. The third kappa shape index (κ3) is 3.97. The number of aromatic nitrogens is 1. The summed E-state index contributed by atoms with van der Waals surface area (Å²) in [6, 6.07) is 12.8. The zero-order valence-electron chi connectivity index (χ0n) is 11.5. The van der Waals surface area contributed by atoms with Gasteiger partial charge in [0.05, 0.1) is 9.72 Å².